The molecule has 2 aromatic rings. The van der Waals surface area contributed by atoms with Gasteiger partial charge in [0.15, 0.2) is 0 Å². The molecule has 1 aliphatic rings. The fourth-order valence-corrected chi connectivity index (χ4v) is 3.02. The van der Waals surface area contributed by atoms with Crippen molar-refractivity contribution in [3.05, 3.63) is 48.3 Å². The molecule has 0 bridgehead atoms. The molecular weight excluding hydrogens is 242 g/mol. The van der Waals surface area contributed by atoms with Crippen LogP contribution in [0.25, 0.3) is 10.8 Å². The number of aromatic nitrogens is 1. The van der Waals surface area contributed by atoms with E-state index in [4.69, 9.17) is 0 Å². The second-order valence-electron chi connectivity index (χ2n) is 8.15. The van der Waals surface area contributed by atoms with E-state index < -0.39 is 0 Å². The van der Waals surface area contributed by atoms with E-state index >= 15 is 0 Å². The standard InChI is InChI=1S/C19H25N/c1-18(2,3)14-7-8-15-13(11-14)9-10-20-12-16(17(15)20)19(4,5)6/h7-12,16H,1-6H3. The average molecular weight is 267 g/mol. The second kappa shape index (κ2) is 4.00. The normalized spacial score (nSPS) is 18.4. The molecule has 3 rings (SSSR count). The third-order valence-corrected chi connectivity index (χ3v) is 4.42. The molecule has 0 aliphatic carbocycles. The van der Waals surface area contributed by atoms with E-state index in [2.05, 4.69) is 83.1 Å². The van der Waals surface area contributed by atoms with Crippen molar-refractivity contribution in [2.45, 2.75) is 52.9 Å². The molecule has 0 fully saturated rings. The van der Waals surface area contributed by atoms with Crippen molar-refractivity contribution in [1.29, 1.82) is 0 Å². The fraction of sp³-hybridized carbons (Fsp3) is 0.474. The maximum atomic E-state index is 2.36. The number of hydrogen-bond donors (Lipinski definition) is 0. The lowest BCUT2D eigenvalue weighted by atomic mass is 9.73. The lowest BCUT2D eigenvalue weighted by Crippen LogP contribution is -2.53. The predicted molar refractivity (Wildman–Crippen MR) is 84.7 cm³/mol. The Balaban J connectivity index is 2.16. The Labute approximate surface area is 122 Å². The highest BCUT2D eigenvalue weighted by atomic mass is 15.0. The maximum Gasteiger partial charge on any atom is 0.0914 e. The van der Waals surface area contributed by atoms with E-state index in [1.165, 1.54) is 22.0 Å². The monoisotopic (exact) mass is 267 g/mol. The second-order valence-corrected chi connectivity index (χ2v) is 8.15. The Morgan fingerprint density at radius 2 is 1.70 bits per heavy atom. The lowest BCUT2D eigenvalue weighted by Gasteiger charge is -2.41. The molecule has 0 saturated carbocycles. The van der Waals surface area contributed by atoms with Gasteiger partial charge in [0.25, 0.3) is 0 Å². The highest BCUT2D eigenvalue weighted by Gasteiger charge is 2.37. The zero-order valence-electron chi connectivity index (χ0n) is 13.5. The summed E-state index contributed by atoms with van der Waals surface area (Å²) in [4.78, 5) is 0. The van der Waals surface area contributed by atoms with Gasteiger partial charge in [0.05, 0.1) is 11.9 Å². The Bertz CT molecular complexity index is 668. The minimum atomic E-state index is 0.208. The van der Waals surface area contributed by atoms with Crippen LogP contribution in [-0.2, 0) is 5.41 Å². The summed E-state index contributed by atoms with van der Waals surface area (Å²) in [6.45, 7) is 16.1. The molecule has 1 aliphatic heterocycles. The summed E-state index contributed by atoms with van der Waals surface area (Å²) in [5, 5.41) is 2.77. The molecule has 0 N–H and O–H groups in total. The van der Waals surface area contributed by atoms with Crippen molar-refractivity contribution in [3.8, 4) is 0 Å². The van der Waals surface area contributed by atoms with Crippen molar-refractivity contribution in [2.75, 3.05) is 0 Å². The molecule has 106 valence electrons. The first-order valence-electron chi connectivity index (χ1n) is 7.51. The largest absolute Gasteiger partial charge is 0.334 e. The number of pyridine rings is 1. The molecule has 1 heteroatoms. The number of nitrogens with zero attached hydrogens (tertiary/aromatic N) is 1. The van der Waals surface area contributed by atoms with Gasteiger partial charge >= 0.3 is 0 Å². The predicted octanol–water partition coefficient (Wildman–Crippen LogP) is 4.58. The molecule has 1 aromatic heterocycles. The third kappa shape index (κ3) is 2.00. The Kier molecular flexibility index (Phi) is 2.70. The molecular formula is C19H25N. The van der Waals surface area contributed by atoms with Crippen LogP contribution in [0.5, 0.6) is 0 Å². The van der Waals surface area contributed by atoms with Gasteiger partial charge in [-0.25, -0.2) is 0 Å². The third-order valence-electron chi connectivity index (χ3n) is 4.42. The summed E-state index contributed by atoms with van der Waals surface area (Å²) in [5.41, 5.74) is 3.37. The molecule has 0 amide bonds. The van der Waals surface area contributed by atoms with Gasteiger partial charge in [-0.3, -0.25) is 0 Å². The van der Waals surface area contributed by atoms with E-state index in [0.29, 0.717) is 5.92 Å². The SMILES string of the molecule is CC(C)(C)c1ccc2c3[n+](ccc2c1)[CH-]C3C(C)(C)C. The summed E-state index contributed by atoms with van der Waals surface area (Å²) in [5.74, 6) is 0.548. The van der Waals surface area contributed by atoms with Gasteiger partial charge in [-0.15, -0.1) is 0 Å². The summed E-state index contributed by atoms with van der Waals surface area (Å²) >= 11 is 0. The number of benzene rings is 1. The molecule has 1 unspecified atom stereocenters. The minimum absolute atomic E-state index is 0.208. The zero-order valence-corrected chi connectivity index (χ0v) is 13.5. The fourth-order valence-electron chi connectivity index (χ4n) is 3.02. The molecule has 1 atom stereocenters. The molecule has 20 heavy (non-hydrogen) atoms. The van der Waals surface area contributed by atoms with Crippen LogP contribution in [0.3, 0.4) is 0 Å². The van der Waals surface area contributed by atoms with Crippen LogP contribution >= 0.6 is 0 Å². The van der Waals surface area contributed by atoms with Crippen LogP contribution in [-0.4, -0.2) is 0 Å². The van der Waals surface area contributed by atoms with Gasteiger partial charge in [-0.2, -0.15) is 0 Å². The first-order valence-corrected chi connectivity index (χ1v) is 7.51. The smallest absolute Gasteiger partial charge is 0.0914 e. The zero-order chi connectivity index (χ0) is 14.7. The Morgan fingerprint density at radius 3 is 2.30 bits per heavy atom. The van der Waals surface area contributed by atoms with E-state index in [1.807, 2.05) is 0 Å². The first-order chi connectivity index (χ1) is 9.18. The van der Waals surface area contributed by atoms with Gasteiger partial charge in [-0.05, 0) is 33.2 Å². The van der Waals surface area contributed by atoms with Crippen LogP contribution < -0.4 is 4.57 Å². The van der Waals surface area contributed by atoms with Gasteiger partial charge in [0.2, 0.25) is 0 Å². The van der Waals surface area contributed by atoms with Gasteiger partial charge < -0.3 is 4.57 Å². The van der Waals surface area contributed by atoms with E-state index in [0.717, 1.165) is 0 Å². The van der Waals surface area contributed by atoms with Crippen molar-refractivity contribution < 1.29 is 4.57 Å². The molecule has 1 nitrogen and oxygen atoms in total. The van der Waals surface area contributed by atoms with E-state index in [9.17, 15) is 0 Å². The van der Waals surface area contributed by atoms with Gasteiger partial charge in [-0.1, -0.05) is 59.7 Å². The minimum Gasteiger partial charge on any atom is -0.334 e. The summed E-state index contributed by atoms with van der Waals surface area (Å²) in [6.07, 6.45) is 2.20. The van der Waals surface area contributed by atoms with Crippen LogP contribution in [0.15, 0.2) is 30.5 Å². The lowest BCUT2D eigenvalue weighted by molar-refractivity contribution is -0.682. The van der Waals surface area contributed by atoms with Gasteiger partial charge in [0, 0.05) is 12.5 Å². The van der Waals surface area contributed by atoms with Gasteiger partial charge in [0.1, 0.15) is 0 Å². The first kappa shape index (κ1) is 13.5. The summed E-state index contributed by atoms with van der Waals surface area (Å²) in [6, 6.07) is 9.20. The topological polar surface area (TPSA) is 3.88 Å². The van der Waals surface area contributed by atoms with Crippen LogP contribution in [0.4, 0.5) is 0 Å². The molecule has 0 spiro atoms. The van der Waals surface area contributed by atoms with Crippen LogP contribution in [0.1, 0.15) is 58.7 Å². The highest BCUT2D eigenvalue weighted by molar-refractivity contribution is 5.85. The molecule has 1 aromatic carbocycles. The summed E-state index contributed by atoms with van der Waals surface area (Å²) in [7, 11) is 0. The average Bonchev–Trinajstić information content (AvgIpc) is 2.25. The number of hydrogen-bond acceptors (Lipinski definition) is 0. The highest BCUT2D eigenvalue weighted by Crippen LogP contribution is 2.42. The number of fused-ring (bicyclic) bond motifs is 3. The van der Waals surface area contributed by atoms with Crippen molar-refractivity contribution in [2.24, 2.45) is 5.41 Å². The Hall–Kier alpha value is -1.50. The molecule has 2 heterocycles. The molecule has 0 saturated heterocycles. The van der Waals surface area contributed by atoms with Crippen molar-refractivity contribution in [3.63, 3.8) is 0 Å². The maximum absolute atomic E-state index is 2.36. The quantitative estimate of drug-likeness (QED) is 0.486. The Morgan fingerprint density at radius 1 is 1.00 bits per heavy atom. The van der Waals surface area contributed by atoms with Crippen LogP contribution in [0, 0.1) is 12.0 Å². The van der Waals surface area contributed by atoms with Crippen molar-refractivity contribution in [1.82, 2.24) is 0 Å². The number of rotatable bonds is 0. The van der Waals surface area contributed by atoms with Crippen LogP contribution in [0.2, 0.25) is 0 Å². The summed E-state index contributed by atoms with van der Waals surface area (Å²) < 4.78 is 2.29. The van der Waals surface area contributed by atoms with E-state index in [1.54, 1.807) is 0 Å². The van der Waals surface area contributed by atoms with E-state index in [-0.39, 0.29) is 10.8 Å². The van der Waals surface area contributed by atoms with Crippen molar-refractivity contribution >= 4 is 10.8 Å². The molecule has 0 radical (unpaired) electrons.